The van der Waals surface area contributed by atoms with Gasteiger partial charge in [0.05, 0.1) is 26.4 Å². The molecule has 0 radical (unpaired) electrons. The molecule has 0 fully saturated rings. The molecule has 0 aliphatic heterocycles. The average Bonchev–Trinajstić information content (AvgIpc) is 2.34. The van der Waals surface area contributed by atoms with Crippen LogP contribution < -0.4 is 10.1 Å². The highest BCUT2D eigenvalue weighted by Crippen LogP contribution is 2.33. The highest BCUT2D eigenvalue weighted by atomic mass is 16.5. The van der Waals surface area contributed by atoms with Gasteiger partial charge in [-0.15, -0.1) is 0 Å². The van der Waals surface area contributed by atoms with Crippen molar-refractivity contribution >= 4 is 5.69 Å². The van der Waals surface area contributed by atoms with Gasteiger partial charge >= 0.3 is 0 Å². The van der Waals surface area contributed by atoms with Crippen LogP contribution in [0.2, 0.25) is 0 Å². The normalized spacial score (nSPS) is 11.7. The van der Waals surface area contributed by atoms with E-state index >= 15 is 0 Å². The van der Waals surface area contributed by atoms with Gasteiger partial charge in [0.2, 0.25) is 0 Å². The summed E-state index contributed by atoms with van der Waals surface area (Å²) in [6, 6.07) is 5.43. The first kappa shape index (κ1) is 14.8. The summed E-state index contributed by atoms with van der Waals surface area (Å²) in [7, 11) is 1.65. The average molecular weight is 253 g/mol. The molecular formula is C14H23NO3. The van der Waals surface area contributed by atoms with Gasteiger partial charge in [0.25, 0.3) is 0 Å². The Balaban J connectivity index is 3.03. The van der Waals surface area contributed by atoms with Gasteiger partial charge in [0, 0.05) is 11.3 Å². The Morgan fingerprint density at radius 1 is 1.22 bits per heavy atom. The third-order valence-corrected chi connectivity index (χ3v) is 2.82. The lowest BCUT2D eigenvalue weighted by molar-refractivity contribution is 0.204. The highest BCUT2D eigenvalue weighted by molar-refractivity contribution is 5.53. The summed E-state index contributed by atoms with van der Waals surface area (Å²) in [6.45, 7) is 6.14. The summed E-state index contributed by atoms with van der Waals surface area (Å²) in [5.41, 5.74) is 1.93. The molecule has 0 atom stereocenters. The molecule has 0 aromatic heterocycles. The van der Waals surface area contributed by atoms with Gasteiger partial charge < -0.3 is 20.3 Å². The van der Waals surface area contributed by atoms with Crippen LogP contribution in [0.25, 0.3) is 0 Å². The molecule has 1 aromatic rings. The van der Waals surface area contributed by atoms with Crippen molar-refractivity contribution in [2.75, 3.05) is 25.6 Å². The number of hydrogen-bond acceptors (Lipinski definition) is 4. The second-order valence-corrected chi connectivity index (χ2v) is 5.37. The van der Waals surface area contributed by atoms with E-state index in [4.69, 9.17) is 14.9 Å². The molecule has 0 heterocycles. The molecule has 18 heavy (non-hydrogen) atoms. The van der Waals surface area contributed by atoms with E-state index in [1.807, 2.05) is 18.2 Å². The van der Waals surface area contributed by atoms with Crippen LogP contribution in [-0.4, -0.2) is 36.6 Å². The van der Waals surface area contributed by atoms with E-state index in [0.29, 0.717) is 0 Å². The molecule has 0 unspecified atom stereocenters. The number of benzene rings is 1. The molecule has 3 N–H and O–H groups in total. The fourth-order valence-electron chi connectivity index (χ4n) is 1.77. The van der Waals surface area contributed by atoms with Crippen molar-refractivity contribution in [2.45, 2.75) is 32.2 Å². The Morgan fingerprint density at radius 3 is 2.28 bits per heavy atom. The van der Waals surface area contributed by atoms with Crippen LogP contribution in [-0.2, 0) is 5.41 Å². The number of methoxy groups -OCH3 is 1. The van der Waals surface area contributed by atoms with Crippen LogP contribution in [0.4, 0.5) is 5.69 Å². The minimum atomic E-state index is -0.341. The predicted molar refractivity (Wildman–Crippen MR) is 73.3 cm³/mol. The number of aliphatic hydroxyl groups is 2. The second kappa shape index (κ2) is 6.07. The number of hydrogen-bond donors (Lipinski definition) is 3. The quantitative estimate of drug-likeness (QED) is 0.748. The summed E-state index contributed by atoms with van der Waals surface area (Å²) in [5.74, 6) is 0.845. The fraction of sp³-hybridized carbons (Fsp3) is 0.571. The van der Waals surface area contributed by atoms with E-state index < -0.39 is 0 Å². The SMILES string of the molecule is COc1ccc(NC(CO)CO)cc1C(C)(C)C. The van der Waals surface area contributed by atoms with Crippen molar-refractivity contribution < 1.29 is 14.9 Å². The van der Waals surface area contributed by atoms with Gasteiger partial charge in [-0.1, -0.05) is 20.8 Å². The van der Waals surface area contributed by atoms with Crippen LogP contribution in [0, 0.1) is 0 Å². The van der Waals surface area contributed by atoms with Gasteiger partial charge in [-0.05, 0) is 23.6 Å². The van der Waals surface area contributed by atoms with Crippen LogP contribution in [0.1, 0.15) is 26.3 Å². The fourth-order valence-corrected chi connectivity index (χ4v) is 1.77. The Morgan fingerprint density at radius 2 is 1.83 bits per heavy atom. The monoisotopic (exact) mass is 253 g/mol. The first-order valence-corrected chi connectivity index (χ1v) is 6.09. The number of ether oxygens (including phenoxy) is 1. The smallest absolute Gasteiger partial charge is 0.122 e. The summed E-state index contributed by atoms with van der Waals surface area (Å²) < 4.78 is 5.36. The molecular weight excluding hydrogens is 230 g/mol. The molecule has 1 rings (SSSR count). The predicted octanol–water partition coefficient (Wildman–Crippen LogP) is 1.76. The molecule has 0 aliphatic rings. The largest absolute Gasteiger partial charge is 0.496 e. The highest BCUT2D eigenvalue weighted by Gasteiger charge is 2.19. The van der Waals surface area contributed by atoms with Crippen molar-refractivity contribution in [1.82, 2.24) is 0 Å². The van der Waals surface area contributed by atoms with E-state index in [0.717, 1.165) is 17.0 Å². The van der Waals surface area contributed by atoms with E-state index in [-0.39, 0.29) is 24.7 Å². The van der Waals surface area contributed by atoms with Crippen LogP contribution in [0.15, 0.2) is 18.2 Å². The molecule has 1 aromatic carbocycles. The first-order chi connectivity index (χ1) is 8.42. The van der Waals surface area contributed by atoms with E-state index in [2.05, 4.69) is 26.1 Å². The van der Waals surface area contributed by atoms with Gasteiger partial charge in [-0.3, -0.25) is 0 Å². The Labute approximate surface area is 109 Å². The van der Waals surface area contributed by atoms with Gasteiger partial charge in [0.15, 0.2) is 0 Å². The zero-order valence-corrected chi connectivity index (χ0v) is 11.5. The summed E-state index contributed by atoms with van der Waals surface area (Å²) in [5, 5.41) is 21.2. The molecule has 0 saturated carbocycles. The maximum atomic E-state index is 9.07. The lowest BCUT2D eigenvalue weighted by Gasteiger charge is -2.24. The van der Waals surface area contributed by atoms with E-state index in [9.17, 15) is 0 Å². The lowest BCUT2D eigenvalue weighted by Crippen LogP contribution is -2.27. The maximum absolute atomic E-state index is 9.07. The van der Waals surface area contributed by atoms with Gasteiger partial charge in [-0.2, -0.15) is 0 Å². The van der Waals surface area contributed by atoms with Crippen molar-refractivity contribution in [1.29, 1.82) is 0 Å². The van der Waals surface area contributed by atoms with Crippen molar-refractivity contribution in [3.63, 3.8) is 0 Å². The van der Waals surface area contributed by atoms with Gasteiger partial charge in [-0.25, -0.2) is 0 Å². The molecule has 0 saturated heterocycles. The standard InChI is InChI=1S/C14H23NO3/c1-14(2,3)12-7-10(5-6-13(12)18-4)15-11(8-16)9-17/h5-7,11,15-17H,8-9H2,1-4H3. The molecule has 4 heteroatoms. The number of rotatable bonds is 5. The Hall–Kier alpha value is -1.26. The summed E-state index contributed by atoms with van der Waals surface area (Å²) in [6.07, 6.45) is 0. The third kappa shape index (κ3) is 3.62. The molecule has 0 bridgehead atoms. The summed E-state index contributed by atoms with van der Waals surface area (Å²) >= 11 is 0. The summed E-state index contributed by atoms with van der Waals surface area (Å²) in [4.78, 5) is 0. The molecule has 102 valence electrons. The van der Waals surface area contributed by atoms with Crippen LogP contribution in [0.3, 0.4) is 0 Å². The first-order valence-electron chi connectivity index (χ1n) is 6.09. The van der Waals surface area contributed by atoms with Crippen LogP contribution >= 0.6 is 0 Å². The zero-order chi connectivity index (χ0) is 13.8. The Bertz CT molecular complexity index is 381. The third-order valence-electron chi connectivity index (χ3n) is 2.82. The molecule has 0 amide bonds. The maximum Gasteiger partial charge on any atom is 0.122 e. The minimum absolute atomic E-state index is 0.0308. The van der Waals surface area contributed by atoms with Crippen molar-refractivity contribution in [3.05, 3.63) is 23.8 Å². The molecule has 4 nitrogen and oxygen atoms in total. The van der Waals surface area contributed by atoms with E-state index in [1.165, 1.54) is 0 Å². The van der Waals surface area contributed by atoms with Gasteiger partial charge in [0.1, 0.15) is 5.75 Å². The second-order valence-electron chi connectivity index (χ2n) is 5.37. The number of aliphatic hydroxyl groups excluding tert-OH is 2. The zero-order valence-electron chi connectivity index (χ0n) is 11.5. The van der Waals surface area contributed by atoms with Crippen LogP contribution in [0.5, 0.6) is 5.75 Å². The van der Waals surface area contributed by atoms with Crippen molar-refractivity contribution in [2.24, 2.45) is 0 Å². The lowest BCUT2D eigenvalue weighted by atomic mass is 9.86. The number of nitrogens with one attached hydrogen (secondary N) is 1. The molecule has 0 spiro atoms. The molecule has 0 aliphatic carbocycles. The van der Waals surface area contributed by atoms with Crippen molar-refractivity contribution in [3.8, 4) is 5.75 Å². The number of anilines is 1. The van der Waals surface area contributed by atoms with E-state index in [1.54, 1.807) is 7.11 Å². The topological polar surface area (TPSA) is 61.7 Å². The Kier molecular flexibility index (Phi) is 4.99. The minimum Gasteiger partial charge on any atom is -0.496 e.